The van der Waals surface area contributed by atoms with Crippen LogP contribution in [0.4, 0.5) is 5.82 Å². The molecule has 1 aromatic heterocycles. The van der Waals surface area contributed by atoms with E-state index in [1.165, 1.54) is 29.2 Å². The molecule has 6 rings (SSSR count). The number of aryl methyl sites for hydroxylation is 1. The van der Waals surface area contributed by atoms with Crippen molar-refractivity contribution in [2.45, 2.75) is 63.5 Å². The van der Waals surface area contributed by atoms with Gasteiger partial charge in [0.05, 0.1) is 24.2 Å². The van der Waals surface area contributed by atoms with Crippen LogP contribution in [0.3, 0.4) is 0 Å². The number of rotatable bonds is 6. The molecule has 2 aliphatic carbocycles. The molecule has 8 heteroatoms. The fraction of sp³-hybridized carbons (Fsp3) is 0.548. The van der Waals surface area contributed by atoms with Gasteiger partial charge in [-0.15, -0.1) is 0 Å². The minimum atomic E-state index is -0.201. The summed E-state index contributed by atoms with van der Waals surface area (Å²) in [4.78, 5) is 28.9. The average Bonchev–Trinajstić information content (AvgIpc) is 3.53. The first kappa shape index (κ1) is 25.8. The first-order valence-electron chi connectivity index (χ1n) is 14.3. The predicted molar refractivity (Wildman–Crippen MR) is 150 cm³/mol. The molecule has 2 aromatic rings. The van der Waals surface area contributed by atoms with Crippen LogP contribution >= 0.6 is 0 Å². The molecule has 2 saturated heterocycles. The van der Waals surface area contributed by atoms with Gasteiger partial charge in [-0.2, -0.15) is 15.2 Å². The molecule has 1 amide bonds. The van der Waals surface area contributed by atoms with Crippen LogP contribution in [0, 0.1) is 16.7 Å². The molecule has 204 valence electrons. The van der Waals surface area contributed by atoms with Crippen LogP contribution in [0.15, 0.2) is 36.9 Å². The zero-order chi connectivity index (χ0) is 27.0. The Bertz CT molecular complexity index is 1300. The van der Waals surface area contributed by atoms with Gasteiger partial charge in [-0.1, -0.05) is 30.8 Å². The third kappa shape index (κ3) is 5.00. The van der Waals surface area contributed by atoms with E-state index in [9.17, 15) is 10.1 Å². The van der Waals surface area contributed by atoms with Crippen LogP contribution in [0.1, 0.15) is 48.1 Å². The van der Waals surface area contributed by atoms with Crippen LogP contribution < -0.4 is 9.64 Å². The number of nitriles is 1. The number of likely N-dealkylation sites (N-methyl/N-ethyl adjacent to an activating group) is 1. The van der Waals surface area contributed by atoms with Gasteiger partial charge in [0.2, 0.25) is 5.91 Å². The SMILES string of the molecule is C=CC(=O)N1CCN(c2nc(OCC3CCCN3C)nc3c2CC2(CCc4ccccc4C2)C3)CC1CC#N. The minimum absolute atomic E-state index is 0.118. The molecular weight excluding hydrogens is 488 g/mol. The number of ether oxygens (including phenoxy) is 1. The summed E-state index contributed by atoms with van der Waals surface area (Å²) in [5.74, 6) is 0.812. The van der Waals surface area contributed by atoms with E-state index in [2.05, 4.69) is 53.8 Å². The van der Waals surface area contributed by atoms with Gasteiger partial charge in [0.25, 0.3) is 0 Å². The molecule has 0 bridgehead atoms. The van der Waals surface area contributed by atoms with Gasteiger partial charge in [-0.25, -0.2) is 0 Å². The van der Waals surface area contributed by atoms with Gasteiger partial charge >= 0.3 is 6.01 Å². The highest BCUT2D eigenvalue weighted by Crippen LogP contribution is 2.48. The van der Waals surface area contributed by atoms with E-state index in [1.807, 2.05) is 0 Å². The summed E-state index contributed by atoms with van der Waals surface area (Å²) in [6, 6.07) is 11.8. The van der Waals surface area contributed by atoms with Crippen LogP contribution in [0.5, 0.6) is 6.01 Å². The van der Waals surface area contributed by atoms with Crippen molar-refractivity contribution in [2.75, 3.05) is 44.7 Å². The number of likely N-dealkylation sites (tertiary alicyclic amines) is 1. The van der Waals surface area contributed by atoms with Crippen LogP contribution in [0.2, 0.25) is 0 Å². The number of piperazine rings is 1. The van der Waals surface area contributed by atoms with Crippen LogP contribution in [0.25, 0.3) is 0 Å². The fourth-order valence-corrected chi connectivity index (χ4v) is 7.20. The largest absolute Gasteiger partial charge is 0.462 e. The van der Waals surface area contributed by atoms with Gasteiger partial charge < -0.3 is 19.4 Å². The molecule has 1 aromatic carbocycles. The lowest BCUT2D eigenvalue weighted by atomic mass is 9.70. The molecule has 0 radical (unpaired) electrons. The molecule has 0 saturated carbocycles. The fourth-order valence-electron chi connectivity index (χ4n) is 7.20. The molecule has 3 heterocycles. The maximum Gasteiger partial charge on any atom is 0.318 e. The van der Waals surface area contributed by atoms with E-state index >= 15 is 0 Å². The number of amides is 1. The van der Waals surface area contributed by atoms with Crippen LogP contribution in [-0.2, 0) is 30.5 Å². The Morgan fingerprint density at radius 1 is 1.18 bits per heavy atom. The average molecular weight is 527 g/mol. The number of carbonyl (C=O) groups is 1. The summed E-state index contributed by atoms with van der Waals surface area (Å²) >= 11 is 0. The van der Waals surface area contributed by atoms with E-state index < -0.39 is 0 Å². The molecule has 39 heavy (non-hydrogen) atoms. The van der Waals surface area contributed by atoms with Crippen molar-refractivity contribution < 1.29 is 9.53 Å². The Morgan fingerprint density at radius 3 is 2.79 bits per heavy atom. The normalized spacial score (nSPS) is 26.3. The van der Waals surface area contributed by atoms with Crippen molar-refractivity contribution in [1.29, 1.82) is 5.26 Å². The topological polar surface area (TPSA) is 85.6 Å². The summed E-state index contributed by atoms with van der Waals surface area (Å²) in [7, 11) is 2.15. The number of carbonyl (C=O) groups excluding carboxylic acids is 1. The summed E-state index contributed by atoms with van der Waals surface area (Å²) in [5, 5.41) is 9.51. The Kier molecular flexibility index (Phi) is 7.03. The molecule has 0 N–H and O–H groups in total. The lowest BCUT2D eigenvalue weighted by Gasteiger charge is -2.41. The summed E-state index contributed by atoms with van der Waals surface area (Å²) in [5.41, 5.74) is 5.40. The maximum atomic E-state index is 12.5. The summed E-state index contributed by atoms with van der Waals surface area (Å²) in [6.45, 7) is 7.11. The van der Waals surface area contributed by atoms with E-state index in [-0.39, 0.29) is 23.8 Å². The second kappa shape index (κ2) is 10.6. The number of hydrogen-bond acceptors (Lipinski definition) is 7. The molecule has 3 atom stereocenters. The zero-order valence-electron chi connectivity index (χ0n) is 22.9. The highest BCUT2D eigenvalue weighted by molar-refractivity contribution is 5.87. The highest BCUT2D eigenvalue weighted by atomic mass is 16.5. The van der Waals surface area contributed by atoms with E-state index in [0.717, 1.165) is 56.6 Å². The quantitative estimate of drug-likeness (QED) is 0.534. The van der Waals surface area contributed by atoms with Gasteiger partial charge in [0.1, 0.15) is 12.4 Å². The first-order valence-corrected chi connectivity index (χ1v) is 14.3. The third-order valence-electron chi connectivity index (χ3n) is 9.40. The van der Waals surface area contributed by atoms with Crippen molar-refractivity contribution in [3.63, 3.8) is 0 Å². The smallest absolute Gasteiger partial charge is 0.318 e. The lowest BCUT2D eigenvalue weighted by Crippen LogP contribution is -2.55. The Labute approximate surface area is 231 Å². The van der Waals surface area contributed by atoms with E-state index in [0.29, 0.717) is 38.3 Å². The lowest BCUT2D eigenvalue weighted by molar-refractivity contribution is -0.128. The van der Waals surface area contributed by atoms with Crippen molar-refractivity contribution in [3.8, 4) is 12.1 Å². The number of anilines is 1. The maximum absolute atomic E-state index is 12.5. The zero-order valence-corrected chi connectivity index (χ0v) is 22.9. The molecule has 1 spiro atoms. The third-order valence-corrected chi connectivity index (χ3v) is 9.40. The predicted octanol–water partition coefficient (Wildman–Crippen LogP) is 3.34. The van der Waals surface area contributed by atoms with Crippen molar-refractivity contribution >= 4 is 11.7 Å². The van der Waals surface area contributed by atoms with Crippen molar-refractivity contribution in [1.82, 2.24) is 19.8 Å². The summed E-state index contributed by atoms with van der Waals surface area (Å²) < 4.78 is 6.28. The van der Waals surface area contributed by atoms with Gasteiger partial charge in [-0.3, -0.25) is 4.79 Å². The monoisotopic (exact) mass is 526 g/mol. The number of hydrogen-bond donors (Lipinski definition) is 0. The molecule has 2 aliphatic heterocycles. The second-order valence-electron chi connectivity index (χ2n) is 11.8. The molecule has 2 fully saturated rings. The number of nitrogens with zero attached hydrogens (tertiary/aromatic N) is 6. The van der Waals surface area contributed by atoms with E-state index in [4.69, 9.17) is 14.7 Å². The number of fused-ring (bicyclic) bond motifs is 2. The first-order chi connectivity index (χ1) is 19.0. The van der Waals surface area contributed by atoms with Gasteiger partial charge in [-0.05, 0) is 81.2 Å². The van der Waals surface area contributed by atoms with Gasteiger partial charge in [0, 0.05) is 31.2 Å². The molecule has 3 unspecified atom stereocenters. The molecule has 4 aliphatic rings. The van der Waals surface area contributed by atoms with Gasteiger partial charge in [0.15, 0.2) is 0 Å². The molecule has 8 nitrogen and oxygen atoms in total. The van der Waals surface area contributed by atoms with Crippen molar-refractivity contribution in [2.24, 2.45) is 5.41 Å². The summed E-state index contributed by atoms with van der Waals surface area (Å²) in [6.07, 6.45) is 9.12. The minimum Gasteiger partial charge on any atom is -0.462 e. The molecular formula is C31H38N6O2. The Morgan fingerprint density at radius 2 is 2.03 bits per heavy atom. The number of aromatic nitrogens is 2. The standard InChI is InChI=1S/C31H38N6O2/c1-3-28(38)37-16-15-36(20-24(37)11-13-32)29-26-18-31(12-10-22-7-4-5-8-23(22)17-31)19-27(26)33-30(34-29)39-21-25-9-6-14-35(25)2/h3-5,7-8,24-25H,1,6,9-12,14-21H2,2H3. The van der Waals surface area contributed by atoms with Crippen molar-refractivity contribution in [3.05, 3.63) is 59.3 Å². The Balaban J connectivity index is 1.31. The van der Waals surface area contributed by atoms with E-state index in [1.54, 1.807) is 4.90 Å². The number of benzene rings is 1. The highest BCUT2D eigenvalue weighted by Gasteiger charge is 2.43. The Hall–Kier alpha value is -3.44. The second-order valence-corrected chi connectivity index (χ2v) is 11.8. The van der Waals surface area contributed by atoms with Crippen LogP contribution in [-0.4, -0.2) is 77.6 Å².